The molecule has 3 nitrogen and oxygen atoms in total. The first-order valence-corrected chi connectivity index (χ1v) is 8.91. The van der Waals surface area contributed by atoms with Crippen LogP contribution in [0.2, 0.25) is 0 Å². The number of hydrogen-bond acceptors (Lipinski definition) is 2. The van der Waals surface area contributed by atoms with Crippen molar-refractivity contribution in [3.8, 4) is 11.1 Å². The molecular weight excluding hydrogens is 376 g/mol. The van der Waals surface area contributed by atoms with Crippen molar-refractivity contribution in [2.45, 2.75) is 19.8 Å². The van der Waals surface area contributed by atoms with E-state index in [0.717, 1.165) is 32.5 Å². The summed E-state index contributed by atoms with van der Waals surface area (Å²) in [6, 6.07) is 19.7. The molecule has 0 spiro atoms. The molecule has 126 valence electrons. The van der Waals surface area contributed by atoms with Gasteiger partial charge < -0.3 is 5.32 Å². The van der Waals surface area contributed by atoms with Crippen molar-refractivity contribution in [2.24, 2.45) is 0 Å². The lowest BCUT2D eigenvalue weighted by atomic mass is 10.0. The van der Waals surface area contributed by atoms with Crippen LogP contribution in [0.1, 0.15) is 24.1 Å². The molecule has 4 heteroatoms. The minimum atomic E-state index is -0.222. The first kappa shape index (κ1) is 17.4. The van der Waals surface area contributed by atoms with Gasteiger partial charge in [-0.05, 0) is 66.9 Å². The van der Waals surface area contributed by atoms with Gasteiger partial charge in [0.1, 0.15) is 0 Å². The summed E-state index contributed by atoms with van der Waals surface area (Å²) in [6.45, 7) is 3.88. The molecule has 0 saturated heterocycles. The highest BCUT2D eigenvalue weighted by molar-refractivity contribution is 9.10. The quantitative estimate of drug-likeness (QED) is 0.628. The number of aryl methyl sites for hydroxylation is 1. The third-order valence-corrected chi connectivity index (χ3v) is 4.62. The molecule has 3 rings (SSSR count). The minimum absolute atomic E-state index is 0.0226. The zero-order valence-electron chi connectivity index (χ0n) is 14.2. The number of amides is 1. The van der Waals surface area contributed by atoms with E-state index in [1.165, 1.54) is 0 Å². The molecule has 0 saturated carbocycles. The molecule has 0 bridgehead atoms. The first-order chi connectivity index (χ1) is 12.0. The second-order valence-corrected chi connectivity index (χ2v) is 6.94. The summed E-state index contributed by atoms with van der Waals surface area (Å²) < 4.78 is 0.974. The third kappa shape index (κ3) is 4.34. The monoisotopic (exact) mass is 394 g/mol. The van der Waals surface area contributed by atoms with Gasteiger partial charge in [-0.3, -0.25) is 9.78 Å². The summed E-state index contributed by atoms with van der Waals surface area (Å²) >= 11 is 3.45. The lowest BCUT2D eigenvalue weighted by Gasteiger charge is -2.13. The minimum Gasteiger partial charge on any atom is -0.326 e. The van der Waals surface area contributed by atoms with Crippen molar-refractivity contribution in [1.82, 2.24) is 4.98 Å². The Kier molecular flexibility index (Phi) is 5.29. The Balaban J connectivity index is 1.72. The van der Waals surface area contributed by atoms with Crippen LogP contribution < -0.4 is 5.32 Å². The second kappa shape index (κ2) is 7.62. The molecule has 1 N–H and O–H groups in total. The fourth-order valence-electron chi connectivity index (χ4n) is 2.65. The molecule has 3 aromatic rings. The molecule has 0 fully saturated rings. The molecule has 0 aliphatic rings. The van der Waals surface area contributed by atoms with Crippen molar-refractivity contribution in [3.63, 3.8) is 0 Å². The second-order valence-electron chi connectivity index (χ2n) is 6.03. The highest BCUT2D eigenvalue weighted by Gasteiger charge is 2.15. The van der Waals surface area contributed by atoms with Crippen LogP contribution in [0, 0.1) is 6.92 Å². The molecule has 1 atom stereocenters. The van der Waals surface area contributed by atoms with Crippen LogP contribution in [-0.2, 0) is 4.79 Å². The van der Waals surface area contributed by atoms with E-state index < -0.39 is 0 Å². The van der Waals surface area contributed by atoms with Crippen molar-refractivity contribution in [3.05, 3.63) is 82.6 Å². The number of nitrogens with zero attached hydrogens (tertiary/aromatic N) is 1. The average molecular weight is 395 g/mol. The van der Waals surface area contributed by atoms with Gasteiger partial charge in [0, 0.05) is 22.1 Å². The predicted molar refractivity (Wildman–Crippen MR) is 106 cm³/mol. The number of aromatic nitrogens is 1. The molecule has 0 aliphatic heterocycles. The van der Waals surface area contributed by atoms with E-state index in [1.807, 2.05) is 74.5 Å². The van der Waals surface area contributed by atoms with E-state index in [-0.39, 0.29) is 11.8 Å². The van der Waals surface area contributed by atoms with Gasteiger partial charge in [0.05, 0.1) is 5.92 Å². The molecule has 2 aromatic carbocycles. The van der Waals surface area contributed by atoms with Crippen LogP contribution >= 0.6 is 15.9 Å². The molecule has 25 heavy (non-hydrogen) atoms. The van der Waals surface area contributed by atoms with Gasteiger partial charge in [0.25, 0.3) is 0 Å². The van der Waals surface area contributed by atoms with Crippen molar-refractivity contribution < 1.29 is 4.79 Å². The van der Waals surface area contributed by atoms with Gasteiger partial charge in [-0.1, -0.05) is 40.2 Å². The van der Waals surface area contributed by atoms with Gasteiger partial charge >= 0.3 is 0 Å². The van der Waals surface area contributed by atoms with Crippen LogP contribution in [0.4, 0.5) is 5.69 Å². The normalized spacial score (nSPS) is 11.8. The number of anilines is 1. The Hall–Kier alpha value is -2.46. The zero-order valence-corrected chi connectivity index (χ0v) is 15.7. The number of rotatable bonds is 4. The Morgan fingerprint density at radius 2 is 1.80 bits per heavy atom. The summed E-state index contributed by atoms with van der Waals surface area (Å²) in [5.74, 6) is -0.245. The van der Waals surface area contributed by atoms with Gasteiger partial charge in [-0.25, -0.2) is 0 Å². The highest BCUT2D eigenvalue weighted by Crippen LogP contribution is 2.24. The maximum Gasteiger partial charge on any atom is 0.231 e. The van der Waals surface area contributed by atoms with E-state index in [1.54, 1.807) is 6.20 Å². The van der Waals surface area contributed by atoms with Crippen molar-refractivity contribution in [2.75, 3.05) is 5.32 Å². The Labute approximate surface area is 156 Å². The number of halogens is 1. The number of carbonyl (C=O) groups is 1. The number of nitrogens with one attached hydrogen (secondary N) is 1. The highest BCUT2D eigenvalue weighted by atomic mass is 79.9. The average Bonchev–Trinajstić information content (AvgIpc) is 2.61. The van der Waals surface area contributed by atoms with E-state index in [9.17, 15) is 4.79 Å². The summed E-state index contributed by atoms with van der Waals surface area (Å²) in [5, 5.41) is 2.98. The Morgan fingerprint density at radius 1 is 1.04 bits per heavy atom. The molecule has 0 aliphatic carbocycles. The maximum absolute atomic E-state index is 12.5. The maximum atomic E-state index is 12.5. The standard InChI is InChI=1S/C21H19BrN2O/c1-14-12-18(10-11-23-14)16-6-8-20(9-7-16)24-21(25)15(2)17-4-3-5-19(22)13-17/h3-13,15H,1-2H3,(H,24,25)/t15-/m1/s1. The van der Waals surface area contributed by atoms with Crippen molar-refractivity contribution in [1.29, 1.82) is 0 Å². The number of hydrogen-bond donors (Lipinski definition) is 1. The molecule has 1 aromatic heterocycles. The van der Waals surface area contributed by atoms with Crippen LogP contribution in [-0.4, -0.2) is 10.9 Å². The lowest BCUT2D eigenvalue weighted by molar-refractivity contribution is -0.117. The van der Waals surface area contributed by atoms with Gasteiger partial charge in [-0.15, -0.1) is 0 Å². The SMILES string of the molecule is Cc1cc(-c2ccc(NC(=O)[C@H](C)c3cccc(Br)c3)cc2)ccn1. The summed E-state index contributed by atoms with van der Waals surface area (Å²) in [7, 11) is 0. The van der Waals surface area contributed by atoms with E-state index in [4.69, 9.17) is 0 Å². The van der Waals surface area contributed by atoms with Gasteiger partial charge in [0.15, 0.2) is 0 Å². The third-order valence-electron chi connectivity index (χ3n) is 4.12. The molecule has 0 unspecified atom stereocenters. The summed E-state index contributed by atoms with van der Waals surface area (Å²) in [5.41, 5.74) is 4.98. The largest absolute Gasteiger partial charge is 0.326 e. The topological polar surface area (TPSA) is 42.0 Å². The summed E-state index contributed by atoms with van der Waals surface area (Å²) in [4.78, 5) is 16.7. The Morgan fingerprint density at radius 3 is 2.48 bits per heavy atom. The van der Waals surface area contributed by atoms with Crippen LogP contribution in [0.5, 0.6) is 0 Å². The summed E-state index contributed by atoms with van der Waals surface area (Å²) in [6.07, 6.45) is 1.81. The zero-order chi connectivity index (χ0) is 17.8. The molecule has 0 radical (unpaired) electrons. The molecule has 1 heterocycles. The number of pyridine rings is 1. The first-order valence-electron chi connectivity index (χ1n) is 8.12. The number of benzene rings is 2. The Bertz CT molecular complexity index is 890. The molecule has 1 amide bonds. The molecular formula is C21H19BrN2O. The predicted octanol–water partition coefficient (Wildman–Crippen LogP) is 5.56. The van der Waals surface area contributed by atoms with Crippen molar-refractivity contribution >= 4 is 27.5 Å². The van der Waals surface area contributed by atoms with E-state index in [0.29, 0.717) is 0 Å². The van der Waals surface area contributed by atoms with Gasteiger partial charge in [0.2, 0.25) is 5.91 Å². The van der Waals surface area contributed by atoms with E-state index >= 15 is 0 Å². The number of carbonyl (C=O) groups excluding carboxylic acids is 1. The van der Waals surface area contributed by atoms with Gasteiger partial charge in [-0.2, -0.15) is 0 Å². The lowest BCUT2D eigenvalue weighted by Crippen LogP contribution is -2.18. The van der Waals surface area contributed by atoms with E-state index in [2.05, 4.69) is 26.2 Å². The van der Waals surface area contributed by atoms with Crippen LogP contribution in [0.25, 0.3) is 11.1 Å². The fourth-order valence-corrected chi connectivity index (χ4v) is 3.07. The van der Waals surface area contributed by atoms with Crippen LogP contribution in [0.15, 0.2) is 71.3 Å². The smallest absolute Gasteiger partial charge is 0.231 e. The van der Waals surface area contributed by atoms with Crippen LogP contribution in [0.3, 0.4) is 0 Å². The fraction of sp³-hybridized carbons (Fsp3) is 0.143.